The molecule has 1 aliphatic rings. The molecule has 0 unspecified atom stereocenters. The maximum atomic E-state index is 5.91. The summed E-state index contributed by atoms with van der Waals surface area (Å²) in [5.74, 6) is 0.723. The molecule has 5 heteroatoms. The molecule has 0 bridgehead atoms. The SMILES string of the molecule is Cc1ccn2nc(NC3CCC(N)CC3)nc2c1. The van der Waals surface area contributed by atoms with Crippen molar-refractivity contribution < 1.29 is 0 Å². The van der Waals surface area contributed by atoms with Crippen LogP contribution in [0.4, 0.5) is 5.95 Å². The third kappa shape index (κ3) is 2.31. The Morgan fingerprint density at radius 3 is 2.89 bits per heavy atom. The number of rotatable bonds is 2. The van der Waals surface area contributed by atoms with Crippen LogP contribution in [0.1, 0.15) is 31.2 Å². The second-order valence-electron chi connectivity index (χ2n) is 5.20. The zero-order valence-electron chi connectivity index (χ0n) is 10.6. The highest BCUT2D eigenvalue weighted by Gasteiger charge is 2.19. The Bertz CT molecular complexity index is 539. The van der Waals surface area contributed by atoms with Gasteiger partial charge in [-0.2, -0.15) is 4.98 Å². The number of fused-ring (bicyclic) bond motifs is 1. The Balaban J connectivity index is 1.74. The summed E-state index contributed by atoms with van der Waals surface area (Å²) < 4.78 is 1.81. The van der Waals surface area contributed by atoms with Gasteiger partial charge in [-0.3, -0.25) is 0 Å². The lowest BCUT2D eigenvalue weighted by molar-refractivity contribution is 0.410. The van der Waals surface area contributed by atoms with Gasteiger partial charge in [0.15, 0.2) is 5.65 Å². The normalized spacial score (nSPS) is 24.3. The summed E-state index contributed by atoms with van der Waals surface area (Å²) in [5, 5.41) is 7.84. The zero-order chi connectivity index (χ0) is 12.5. The van der Waals surface area contributed by atoms with Crippen molar-refractivity contribution in [3.63, 3.8) is 0 Å². The van der Waals surface area contributed by atoms with Gasteiger partial charge in [-0.15, -0.1) is 5.10 Å². The van der Waals surface area contributed by atoms with Gasteiger partial charge in [0.25, 0.3) is 0 Å². The average molecular weight is 245 g/mol. The number of aromatic nitrogens is 3. The molecule has 18 heavy (non-hydrogen) atoms. The van der Waals surface area contributed by atoms with Crippen LogP contribution < -0.4 is 11.1 Å². The van der Waals surface area contributed by atoms with Gasteiger partial charge in [0.1, 0.15) is 0 Å². The summed E-state index contributed by atoms with van der Waals surface area (Å²) in [6.45, 7) is 2.06. The van der Waals surface area contributed by atoms with Crippen molar-refractivity contribution in [3.8, 4) is 0 Å². The fourth-order valence-electron chi connectivity index (χ4n) is 2.49. The van der Waals surface area contributed by atoms with Gasteiger partial charge in [-0.1, -0.05) is 0 Å². The lowest BCUT2D eigenvalue weighted by atomic mass is 9.92. The first-order valence-electron chi connectivity index (χ1n) is 6.56. The summed E-state index contributed by atoms with van der Waals surface area (Å²) in [5.41, 5.74) is 8.00. The van der Waals surface area contributed by atoms with Gasteiger partial charge in [-0.05, 0) is 50.3 Å². The van der Waals surface area contributed by atoms with E-state index in [1.54, 1.807) is 0 Å². The first-order valence-corrected chi connectivity index (χ1v) is 6.56. The number of hydrogen-bond donors (Lipinski definition) is 2. The lowest BCUT2D eigenvalue weighted by Gasteiger charge is -2.26. The van der Waals surface area contributed by atoms with Crippen molar-refractivity contribution in [3.05, 3.63) is 23.9 Å². The van der Waals surface area contributed by atoms with E-state index in [9.17, 15) is 0 Å². The van der Waals surface area contributed by atoms with Crippen molar-refractivity contribution >= 4 is 11.6 Å². The van der Waals surface area contributed by atoms with E-state index >= 15 is 0 Å². The molecule has 3 rings (SSSR count). The highest BCUT2D eigenvalue weighted by atomic mass is 15.3. The topological polar surface area (TPSA) is 68.2 Å². The van der Waals surface area contributed by atoms with Gasteiger partial charge in [0, 0.05) is 18.3 Å². The molecular formula is C13H19N5. The minimum Gasteiger partial charge on any atom is -0.350 e. The minimum atomic E-state index is 0.375. The van der Waals surface area contributed by atoms with E-state index in [-0.39, 0.29) is 0 Å². The molecule has 1 fully saturated rings. The third-order valence-corrected chi connectivity index (χ3v) is 3.60. The van der Waals surface area contributed by atoms with Crippen molar-refractivity contribution in [2.45, 2.75) is 44.7 Å². The number of anilines is 1. The maximum absolute atomic E-state index is 5.91. The van der Waals surface area contributed by atoms with Crippen LogP contribution in [-0.2, 0) is 0 Å². The quantitative estimate of drug-likeness (QED) is 0.845. The molecule has 5 nitrogen and oxygen atoms in total. The number of aryl methyl sites for hydroxylation is 1. The van der Waals surface area contributed by atoms with Gasteiger partial charge in [-0.25, -0.2) is 4.52 Å². The van der Waals surface area contributed by atoms with Crippen LogP contribution in [0.25, 0.3) is 5.65 Å². The van der Waals surface area contributed by atoms with Crippen LogP contribution in [0.2, 0.25) is 0 Å². The zero-order valence-corrected chi connectivity index (χ0v) is 10.6. The molecule has 3 N–H and O–H groups in total. The third-order valence-electron chi connectivity index (χ3n) is 3.60. The van der Waals surface area contributed by atoms with E-state index in [1.165, 1.54) is 5.56 Å². The van der Waals surface area contributed by atoms with Crippen LogP contribution in [-0.4, -0.2) is 26.7 Å². The highest BCUT2D eigenvalue weighted by molar-refractivity contribution is 5.45. The van der Waals surface area contributed by atoms with Crippen LogP contribution >= 0.6 is 0 Å². The molecule has 0 spiro atoms. The Morgan fingerprint density at radius 1 is 1.33 bits per heavy atom. The number of nitrogens with one attached hydrogen (secondary N) is 1. The van der Waals surface area contributed by atoms with Crippen LogP contribution in [0.3, 0.4) is 0 Å². The van der Waals surface area contributed by atoms with Crippen molar-refractivity contribution in [2.75, 3.05) is 5.32 Å². The predicted molar refractivity (Wildman–Crippen MR) is 71.6 cm³/mol. The highest BCUT2D eigenvalue weighted by Crippen LogP contribution is 2.20. The summed E-state index contributed by atoms with van der Waals surface area (Å²) in [4.78, 5) is 4.50. The van der Waals surface area contributed by atoms with Crippen LogP contribution in [0, 0.1) is 6.92 Å². The smallest absolute Gasteiger partial charge is 0.243 e. The van der Waals surface area contributed by atoms with Gasteiger partial charge in [0.2, 0.25) is 5.95 Å². The summed E-state index contributed by atoms with van der Waals surface area (Å²) in [7, 11) is 0. The first-order chi connectivity index (χ1) is 8.70. The summed E-state index contributed by atoms with van der Waals surface area (Å²) in [6, 6.07) is 4.91. The summed E-state index contributed by atoms with van der Waals surface area (Å²) >= 11 is 0. The first kappa shape index (κ1) is 11.5. The molecule has 2 aromatic rings. The molecule has 0 amide bonds. The van der Waals surface area contributed by atoms with Crippen LogP contribution in [0.5, 0.6) is 0 Å². The van der Waals surface area contributed by atoms with Gasteiger partial charge in [0.05, 0.1) is 0 Å². The second-order valence-corrected chi connectivity index (χ2v) is 5.20. The molecule has 0 aliphatic heterocycles. The largest absolute Gasteiger partial charge is 0.350 e. The molecule has 2 aromatic heterocycles. The molecular weight excluding hydrogens is 226 g/mol. The average Bonchev–Trinajstić information content (AvgIpc) is 2.73. The van der Waals surface area contributed by atoms with E-state index in [0.29, 0.717) is 12.1 Å². The van der Waals surface area contributed by atoms with E-state index in [1.807, 2.05) is 22.8 Å². The molecule has 0 radical (unpaired) electrons. The fourth-order valence-corrected chi connectivity index (χ4v) is 2.49. The molecule has 1 aliphatic carbocycles. The Kier molecular flexibility index (Phi) is 2.91. The van der Waals surface area contributed by atoms with Gasteiger partial charge < -0.3 is 11.1 Å². The van der Waals surface area contributed by atoms with Gasteiger partial charge >= 0.3 is 0 Å². The van der Waals surface area contributed by atoms with E-state index < -0.39 is 0 Å². The summed E-state index contributed by atoms with van der Waals surface area (Å²) in [6.07, 6.45) is 6.33. The fraction of sp³-hybridized carbons (Fsp3) is 0.538. The Morgan fingerprint density at radius 2 is 2.11 bits per heavy atom. The van der Waals surface area contributed by atoms with Crippen LogP contribution in [0.15, 0.2) is 18.3 Å². The second kappa shape index (κ2) is 4.57. The van der Waals surface area contributed by atoms with E-state index in [0.717, 1.165) is 37.3 Å². The van der Waals surface area contributed by atoms with Crippen molar-refractivity contribution in [2.24, 2.45) is 5.73 Å². The number of hydrogen-bond acceptors (Lipinski definition) is 4. The minimum absolute atomic E-state index is 0.375. The molecule has 0 saturated heterocycles. The van der Waals surface area contributed by atoms with E-state index in [2.05, 4.69) is 22.3 Å². The maximum Gasteiger partial charge on any atom is 0.243 e. The standard InChI is InChI=1S/C13H19N5/c1-9-6-7-18-12(8-9)16-13(17-18)15-11-4-2-10(14)3-5-11/h6-8,10-11H,2-5,14H2,1H3,(H,15,17). The lowest BCUT2D eigenvalue weighted by Crippen LogP contribution is -2.33. The predicted octanol–water partition coefficient (Wildman–Crippen LogP) is 1.72. The molecule has 1 saturated carbocycles. The number of pyridine rings is 1. The molecule has 96 valence electrons. The monoisotopic (exact) mass is 245 g/mol. The molecule has 2 heterocycles. The molecule has 0 aromatic carbocycles. The Hall–Kier alpha value is -1.62. The number of nitrogens with zero attached hydrogens (tertiary/aromatic N) is 3. The van der Waals surface area contributed by atoms with Crippen molar-refractivity contribution in [1.29, 1.82) is 0 Å². The van der Waals surface area contributed by atoms with Crippen molar-refractivity contribution in [1.82, 2.24) is 14.6 Å². The number of nitrogens with two attached hydrogens (primary N) is 1. The molecule has 0 atom stereocenters. The van der Waals surface area contributed by atoms with E-state index in [4.69, 9.17) is 5.73 Å². The Labute approximate surface area is 106 Å².